The lowest BCUT2D eigenvalue weighted by Crippen LogP contribution is -2.44. The number of nitrogens with zero attached hydrogens (tertiary/aromatic N) is 3. The van der Waals surface area contributed by atoms with Crippen molar-refractivity contribution in [1.29, 1.82) is 5.26 Å². The number of carbonyl (C=O) groups excluding carboxylic acids is 1. The van der Waals surface area contributed by atoms with Crippen molar-refractivity contribution in [3.05, 3.63) is 36.0 Å². The first kappa shape index (κ1) is 16.2. The predicted molar refractivity (Wildman–Crippen MR) is 93.5 cm³/mol. The topological polar surface area (TPSA) is 95.0 Å². The third-order valence-corrected chi connectivity index (χ3v) is 4.42. The van der Waals surface area contributed by atoms with Crippen LogP contribution in [0.15, 0.2) is 30.5 Å². The van der Waals surface area contributed by atoms with E-state index in [1.54, 1.807) is 6.20 Å². The van der Waals surface area contributed by atoms with Crippen LogP contribution in [0.2, 0.25) is 0 Å². The maximum absolute atomic E-state index is 12.3. The van der Waals surface area contributed by atoms with Crippen LogP contribution in [0.3, 0.4) is 0 Å². The second-order valence-corrected chi connectivity index (χ2v) is 6.01. The summed E-state index contributed by atoms with van der Waals surface area (Å²) in [5, 5.41) is 13.3. The lowest BCUT2D eigenvalue weighted by atomic mass is 9.95. The van der Waals surface area contributed by atoms with Crippen molar-refractivity contribution in [2.24, 2.45) is 11.7 Å². The number of fused-ring (bicyclic) bond motifs is 1. The summed E-state index contributed by atoms with van der Waals surface area (Å²) in [5.74, 6) is -0.0363. The molecule has 1 saturated heterocycles. The van der Waals surface area contributed by atoms with Gasteiger partial charge < -0.3 is 16.0 Å². The number of piperidine rings is 1. The van der Waals surface area contributed by atoms with Crippen molar-refractivity contribution in [3.63, 3.8) is 0 Å². The van der Waals surface area contributed by atoms with Crippen LogP contribution >= 0.6 is 0 Å². The van der Waals surface area contributed by atoms with Crippen LogP contribution < -0.4 is 16.0 Å². The van der Waals surface area contributed by atoms with Gasteiger partial charge in [-0.25, -0.2) is 0 Å². The van der Waals surface area contributed by atoms with Gasteiger partial charge in [-0.15, -0.1) is 0 Å². The van der Waals surface area contributed by atoms with Crippen LogP contribution in [-0.4, -0.2) is 37.1 Å². The molecule has 1 aliphatic heterocycles. The first-order valence-electron chi connectivity index (χ1n) is 8.25. The summed E-state index contributed by atoms with van der Waals surface area (Å²) in [5.41, 5.74) is 7.76. The molecule has 1 aromatic carbocycles. The fourth-order valence-electron chi connectivity index (χ4n) is 3.28. The number of para-hydroxylation sites is 1. The van der Waals surface area contributed by atoms with Gasteiger partial charge >= 0.3 is 0 Å². The van der Waals surface area contributed by atoms with E-state index in [2.05, 4.69) is 21.3 Å². The molecule has 3 rings (SSSR count). The van der Waals surface area contributed by atoms with Gasteiger partial charge in [-0.3, -0.25) is 9.78 Å². The summed E-state index contributed by atoms with van der Waals surface area (Å²) < 4.78 is 0. The molecule has 124 valence electrons. The van der Waals surface area contributed by atoms with Gasteiger partial charge in [-0.2, -0.15) is 5.26 Å². The fourth-order valence-corrected chi connectivity index (χ4v) is 3.28. The summed E-state index contributed by atoms with van der Waals surface area (Å²) in [4.78, 5) is 18.8. The molecule has 1 fully saturated rings. The van der Waals surface area contributed by atoms with Crippen LogP contribution in [0.5, 0.6) is 0 Å². The minimum absolute atomic E-state index is 0.0435. The molecule has 3 N–H and O–H groups in total. The Labute approximate surface area is 141 Å². The Morgan fingerprint density at radius 1 is 1.46 bits per heavy atom. The Balaban J connectivity index is 1.92. The van der Waals surface area contributed by atoms with Gasteiger partial charge in [0.2, 0.25) is 5.91 Å². The second kappa shape index (κ2) is 7.28. The number of nitrogens with two attached hydrogens (primary N) is 1. The van der Waals surface area contributed by atoms with Crippen LogP contribution in [-0.2, 0) is 4.79 Å². The molecule has 1 unspecified atom stereocenters. The number of anilines is 1. The number of nitrogens with one attached hydrogen (secondary N) is 1. The van der Waals surface area contributed by atoms with Crippen molar-refractivity contribution in [2.45, 2.75) is 12.8 Å². The number of benzene rings is 1. The lowest BCUT2D eigenvalue weighted by molar-refractivity contribution is -0.125. The predicted octanol–water partition coefficient (Wildman–Crippen LogP) is 1.40. The van der Waals surface area contributed by atoms with Gasteiger partial charge in [0.1, 0.15) is 6.07 Å². The van der Waals surface area contributed by atoms with E-state index in [4.69, 9.17) is 5.73 Å². The summed E-state index contributed by atoms with van der Waals surface area (Å²) in [6, 6.07) is 10.0. The molecule has 24 heavy (non-hydrogen) atoms. The zero-order valence-electron chi connectivity index (χ0n) is 13.5. The minimum atomic E-state index is -0.0798. The van der Waals surface area contributed by atoms with E-state index < -0.39 is 0 Å². The summed E-state index contributed by atoms with van der Waals surface area (Å²) in [6.07, 6.45) is 3.40. The zero-order chi connectivity index (χ0) is 16.9. The number of aromatic nitrogens is 1. The van der Waals surface area contributed by atoms with Gasteiger partial charge in [0, 0.05) is 37.8 Å². The van der Waals surface area contributed by atoms with Crippen LogP contribution in [0.1, 0.15) is 18.4 Å². The van der Waals surface area contributed by atoms with E-state index in [1.165, 1.54) is 0 Å². The first-order valence-corrected chi connectivity index (χ1v) is 8.25. The van der Waals surface area contributed by atoms with Crippen molar-refractivity contribution in [2.75, 3.05) is 31.1 Å². The average molecular weight is 323 g/mol. The number of carbonyl (C=O) groups is 1. The highest BCUT2D eigenvalue weighted by molar-refractivity contribution is 5.94. The van der Waals surface area contributed by atoms with E-state index in [-0.39, 0.29) is 11.8 Å². The first-order chi connectivity index (χ1) is 11.7. The summed E-state index contributed by atoms with van der Waals surface area (Å²) in [6.45, 7) is 2.38. The monoisotopic (exact) mass is 323 g/mol. The number of pyridine rings is 1. The van der Waals surface area contributed by atoms with E-state index in [0.29, 0.717) is 25.2 Å². The summed E-state index contributed by atoms with van der Waals surface area (Å²) in [7, 11) is 0. The Morgan fingerprint density at radius 3 is 3.08 bits per heavy atom. The standard InChI is InChI=1S/C18H21N5O/c19-7-8-21-18(24)13-4-3-9-23(12-13)17-14(10-20)11-22-16-6-2-1-5-15(16)17/h1-2,5-6,11,13H,3-4,7-9,12,19H2,(H,21,24). The Hall–Kier alpha value is -2.65. The molecule has 1 amide bonds. The van der Waals surface area contributed by atoms with Gasteiger partial charge in [0.15, 0.2) is 0 Å². The normalized spacial score (nSPS) is 17.5. The highest BCUT2D eigenvalue weighted by Gasteiger charge is 2.27. The molecule has 6 nitrogen and oxygen atoms in total. The van der Waals surface area contributed by atoms with Gasteiger partial charge in [-0.1, -0.05) is 18.2 Å². The molecule has 2 aromatic rings. The van der Waals surface area contributed by atoms with E-state index >= 15 is 0 Å². The van der Waals surface area contributed by atoms with Crippen molar-refractivity contribution in [3.8, 4) is 6.07 Å². The van der Waals surface area contributed by atoms with Crippen molar-refractivity contribution >= 4 is 22.5 Å². The average Bonchev–Trinajstić information content (AvgIpc) is 2.65. The Kier molecular flexibility index (Phi) is 4.92. The smallest absolute Gasteiger partial charge is 0.224 e. The molecule has 1 atom stereocenters. The van der Waals surface area contributed by atoms with Crippen molar-refractivity contribution in [1.82, 2.24) is 10.3 Å². The van der Waals surface area contributed by atoms with Crippen LogP contribution in [0.25, 0.3) is 10.9 Å². The molecular formula is C18H21N5O. The van der Waals surface area contributed by atoms with Crippen LogP contribution in [0, 0.1) is 17.2 Å². The Bertz CT molecular complexity index is 783. The highest BCUT2D eigenvalue weighted by Crippen LogP contribution is 2.32. The largest absolute Gasteiger partial charge is 0.369 e. The van der Waals surface area contributed by atoms with E-state index in [1.807, 2.05) is 24.3 Å². The molecule has 0 spiro atoms. The van der Waals surface area contributed by atoms with E-state index in [9.17, 15) is 10.1 Å². The number of nitriles is 1. The van der Waals surface area contributed by atoms with Crippen LogP contribution in [0.4, 0.5) is 5.69 Å². The molecule has 0 radical (unpaired) electrons. The number of rotatable bonds is 4. The quantitative estimate of drug-likeness (QED) is 0.887. The molecule has 1 aromatic heterocycles. The molecule has 0 saturated carbocycles. The SMILES string of the molecule is N#Cc1cnc2ccccc2c1N1CCCC(C(=O)NCCN)C1. The molecule has 6 heteroatoms. The number of hydrogen-bond donors (Lipinski definition) is 2. The third kappa shape index (κ3) is 3.17. The van der Waals surface area contributed by atoms with Gasteiger partial charge in [0.25, 0.3) is 0 Å². The molecule has 0 bridgehead atoms. The number of amides is 1. The van der Waals surface area contributed by atoms with E-state index in [0.717, 1.165) is 36.0 Å². The number of hydrogen-bond acceptors (Lipinski definition) is 5. The highest BCUT2D eigenvalue weighted by atomic mass is 16.1. The maximum atomic E-state index is 12.3. The molecule has 1 aliphatic rings. The third-order valence-electron chi connectivity index (χ3n) is 4.42. The zero-order valence-corrected chi connectivity index (χ0v) is 13.5. The lowest BCUT2D eigenvalue weighted by Gasteiger charge is -2.34. The fraction of sp³-hybridized carbons (Fsp3) is 0.389. The minimum Gasteiger partial charge on any atom is -0.369 e. The Morgan fingerprint density at radius 2 is 2.29 bits per heavy atom. The van der Waals surface area contributed by atoms with Crippen molar-refractivity contribution < 1.29 is 4.79 Å². The maximum Gasteiger partial charge on any atom is 0.224 e. The summed E-state index contributed by atoms with van der Waals surface area (Å²) >= 11 is 0. The van der Waals surface area contributed by atoms with Gasteiger partial charge in [0.05, 0.1) is 22.7 Å². The van der Waals surface area contributed by atoms with Gasteiger partial charge in [-0.05, 0) is 18.9 Å². The molecule has 2 heterocycles. The second-order valence-electron chi connectivity index (χ2n) is 6.01. The molecular weight excluding hydrogens is 302 g/mol. The molecule has 0 aliphatic carbocycles.